The van der Waals surface area contributed by atoms with Gasteiger partial charge in [-0.1, -0.05) is 15.9 Å². The van der Waals surface area contributed by atoms with Crippen LogP contribution in [0.2, 0.25) is 0 Å². The Morgan fingerprint density at radius 2 is 2.14 bits per heavy atom. The number of hydrogen-bond donors (Lipinski definition) is 2. The van der Waals surface area contributed by atoms with E-state index in [9.17, 15) is 18.5 Å². The number of nitro benzene ring substituents is 1. The van der Waals surface area contributed by atoms with Gasteiger partial charge in [-0.05, 0) is 31.7 Å². The van der Waals surface area contributed by atoms with Crippen molar-refractivity contribution in [3.8, 4) is 0 Å². The van der Waals surface area contributed by atoms with Gasteiger partial charge in [0.15, 0.2) is 0 Å². The Bertz CT molecular complexity index is 673. The lowest BCUT2D eigenvalue weighted by Gasteiger charge is -2.12. The van der Waals surface area contributed by atoms with E-state index < -0.39 is 14.9 Å². The molecule has 7 nitrogen and oxygen atoms in total. The van der Waals surface area contributed by atoms with Gasteiger partial charge in [-0.3, -0.25) is 10.1 Å². The first-order valence-corrected chi connectivity index (χ1v) is 8.70. The van der Waals surface area contributed by atoms with Crippen molar-refractivity contribution in [2.75, 3.05) is 6.54 Å². The van der Waals surface area contributed by atoms with Gasteiger partial charge in [-0.25, -0.2) is 13.1 Å². The molecule has 1 fully saturated rings. The molecule has 1 aromatic carbocycles. The Morgan fingerprint density at radius 3 is 2.67 bits per heavy atom. The SMILES string of the molecule is Cc1c(Br)cc(S(=O)(=O)NCC(N)C2CC2)cc1[N+](=O)[O-]. The van der Waals surface area contributed by atoms with E-state index in [0.29, 0.717) is 16.0 Å². The molecule has 0 saturated heterocycles. The minimum atomic E-state index is -3.82. The van der Waals surface area contributed by atoms with E-state index >= 15 is 0 Å². The third kappa shape index (κ3) is 3.79. The smallest absolute Gasteiger partial charge is 0.274 e. The van der Waals surface area contributed by atoms with Crippen molar-refractivity contribution in [2.24, 2.45) is 11.7 Å². The molecule has 0 bridgehead atoms. The predicted octanol–water partition coefficient (Wildman–Crippen LogP) is 1.68. The molecule has 0 amide bonds. The number of nitrogens with one attached hydrogen (secondary N) is 1. The molecule has 1 aromatic rings. The lowest BCUT2D eigenvalue weighted by molar-refractivity contribution is -0.385. The van der Waals surface area contributed by atoms with Gasteiger partial charge in [0.25, 0.3) is 5.69 Å². The average Bonchev–Trinajstić information content (AvgIpc) is 3.23. The highest BCUT2D eigenvalue weighted by molar-refractivity contribution is 9.10. The fourth-order valence-corrected chi connectivity index (χ4v) is 3.68. The molecule has 0 aliphatic heterocycles. The van der Waals surface area contributed by atoms with Crippen LogP contribution < -0.4 is 10.5 Å². The van der Waals surface area contributed by atoms with Gasteiger partial charge in [0, 0.05) is 28.7 Å². The van der Waals surface area contributed by atoms with Crippen molar-refractivity contribution < 1.29 is 13.3 Å². The molecule has 21 heavy (non-hydrogen) atoms. The van der Waals surface area contributed by atoms with Crippen LogP contribution in [0.4, 0.5) is 5.69 Å². The minimum Gasteiger partial charge on any atom is -0.326 e. The van der Waals surface area contributed by atoms with Gasteiger partial charge in [0.05, 0.1) is 9.82 Å². The first-order chi connectivity index (χ1) is 9.72. The average molecular weight is 378 g/mol. The van der Waals surface area contributed by atoms with Crippen molar-refractivity contribution in [3.63, 3.8) is 0 Å². The van der Waals surface area contributed by atoms with E-state index in [1.54, 1.807) is 6.92 Å². The van der Waals surface area contributed by atoms with Crippen LogP contribution in [-0.4, -0.2) is 25.9 Å². The van der Waals surface area contributed by atoms with Crippen molar-refractivity contribution in [3.05, 3.63) is 32.3 Å². The zero-order valence-corrected chi connectivity index (χ0v) is 13.8. The molecule has 0 aromatic heterocycles. The fourth-order valence-electron chi connectivity index (χ4n) is 1.97. The number of hydrogen-bond acceptors (Lipinski definition) is 5. The van der Waals surface area contributed by atoms with Crippen LogP contribution >= 0.6 is 15.9 Å². The van der Waals surface area contributed by atoms with Crippen LogP contribution in [0.1, 0.15) is 18.4 Å². The lowest BCUT2D eigenvalue weighted by atomic mass is 10.2. The molecule has 9 heteroatoms. The first-order valence-electron chi connectivity index (χ1n) is 6.42. The number of benzene rings is 1. The molecule has 1 atom stereocenters. The van der Waals surface area contributed by atoms with Crippen molar-refractivity contribution in [1.82, 2.24) is 4.72 Å². The summed E-state index contributed by atoms with van der Waals surface area (Å²) in [7, 11) is -3.82. The minimum absolute atomic E-state index is 0.131. The number of halogens is 1. The second kappa shape index (κ2) is 5.99. The molecule has 116 valence electrons. The first kappa shape index (κ1) is 16.3. The lowest BCUT2D eigenvalue weighted by Crippen LogP contribution is -2.38. The van der Waals surface area contributed by atoms with Gasteiger partial charge in [-0.15, -0.1) is 0 Å². The van der Waals surface area contributed by atoms with Crippen LogP contribution in [-0.2, 0) is 10.0 Å². The molecule has 1 aliphatic carbocycles. The second-order valence-electron chi connectivity index (χ2n) is 5.16. The Balaban J connectivity index is 2.24. The van der Waals surface area contributed by atoms with E-state index in [2.05, 4.69) is 20.7 Å². The van der Waals surface area contributed by atoms with Crippen molar-refractivity contribution >= 4 is 31.6 Å². The molecule has 0 radical (unpaired) electrons. The highest BCUT2D eigenvalue weighted by Crippen LogP contribution is 2.32. The normalized spacial score (nSPS) is 16.7. The van der Waals surface area contributed by atoms with Crippen LogP contribution in [0.15, 0.2) is 21.5 Å². The Morgan fingerprint density at radius 1 is 1.52 bits per heavy atom. The van der Waals surface area contributed by atoms with Crippen LogP contribution in [0, 0.1) is 23.0 Å². The van der Waals surface area contributed by atoms with E-state index in [1.165, 1.54) is 6.07 Å². The van der Waals surface area contributed by atoms with Gasteiger partial charge in [-0.2, -0.15) is 0 Å². The summed E-state index contributed by atoms with van der Waals surface area (Å²) in [6.45, 7) is 1.68. The summed E-state index contributed by atoms with van der Waals surface area (Å²) in [5, 5.41) is 11.0. The van der Waals surface area contributed by atoms with Gasteiger partial charge in [0.2, 0.25) is 10.0 Å². The van der Waals surface area contributed by atoms with E-state index in [0.717, 1.165) is 18.9 Å². The number of sulfonamides is 1. The summed E-state index contributed by atoms with van der Waals surface area (Å²) in [6, 6.07) is 2.20. The summed E-state index contributed by atoms with van der Waals surface area (Å²) in [5.41, 5.74) is 6.00. The molecule has 2 rings (SSSR count). The van der Waals surface area contributed by atoms with E-state index in [1.807, 2.05) is 0 Å². The topological polar surface area (TPSA) is 115 Å². The summed E-state index contributed by atoms with van der Waals surface area (Å²) < 4.78 is 27.2. The molecular formula is C12H16BrN3O4S. The molecule has 0 heterocycles. The summed E-state index contributed by atoms with van der Waals surface area (Å²) >= 11 is 3.15. The van der Waals surface area contributed by atoms with Crippen molar-refractivity contribution in [2.45, 2.75) is 30.7 Å². The van der Waals surface area contributed by atoms with Gasteiger partial charge < -0.3 is 5.73 Å². The Hall–Kier alpha value is -1.03. The molecule has 1 unspecified atom stereocenters. The molecule has 3 N–H and O–H groups in total. The molecule has 0 spiro atoms. The molecular weight excluding hydrogens is 362 g/mol. The van der Waals surface area contributed by atoms with E-state index in [4.69, 9.17) is 5.73 Å². The third-order valence-corrected chi connectivity index (χ3v) is 5.76. The number of nitrogens with zero attached hydrogens (tertiary/aromatic N) is 1. The number of nitrogens with two attached hydrogens (primary N) is 1. The standard InChI is InChI=1S/C12H16BrN3O4S/c1-7-10(13)4-9(5-12(7)16(17)18)21(19,20)15-6-11(14)8-2-3-8/h4-5,8,11,15H,2-3,6,14H2,1H3. The zero-order valence-electron chi connectivity index (χ0n) is 11.4. The van der Waals surface area contributed by atoms with Gasteiger partial charge >= 0.3 is 0 Å². The molecule has 1 aliphatic rings. The highest BCUT2D eigenvalue weighted by Gasteiger charge is 2.30. The Kier molecular flexibility index (Phi) is 4.66. The fraction of sp³-hybridized carbons (Fsp3) is 0.500. The van der Waals surface area contributed by atoms with Crippen LogP contribution in [0.3, 0.4) is 0 Å². The number of nitro groups is 1. The monoisotopic (exact) mass is 377 g/mol. The third-order valence-electron chi connectivity index (χ3n) is 3.53. The quantitative estimate of drug-likeness (QED) is 0.577. The molecule has 1 saturated carbocycles. The maximum Gasteiger partial charge on any atom is 0.274 e. The summed E-state index contributed by atoms with van der Waals surface area (Å²) in [4.78, 5) is 10.2. The summed E-state index contributed by atoms with van der Waals surface area (Å²) in [5.74, 6) is 0.367. The summed E-state index contributed by atoms with van der Waals surface area (Å²) in [6.07, 6.45) is 2.04. The van der Waals surface area contributed by atoms with Gasteiger partial charge in [0.1, 0.15) is 0 Å². The van der Waals surface area contributed by atoms with Crippen LogP contribution in [0.25, 0.3) is 0 Å². The van der Waals surface area contributed by atoms with Crippen molar-refractivity contribution in [1.29, 1.82) is 0 Å². The Labute approximate surface area is 131 Å². The highest BCUT2D eigenvalue weighted by atomic mass is 79.9. The maximum absolute atomic E-state index is 12.2. The maximum atomic E-state index is 12.2. The van der Waals surface area contributed by atoms with E-state index in [-0.39, 0.29) is 23.2 Å². The zero-order chi connectivity index (χ0) is 15.8. The largest absolute Gasteiger partial charge is 0.326 e. The predicted molar refractivity (Wildman–Crippen MR) is 81.4 cm³/mol. The number of rotatable bonds is 6. The second-order valence-corrected chi connectivity index (χ2v) is 7.78. The van der Waals surface area contributed by atoms with Crippen LogP contribution in [0.5, 0.6) is 0 Å².